The molecule has 5 heteroatoms. The van der Waals surface area contributed by atoms with E-state index >= 15 is 0 Å². The summed E-state index contributed by atoms with van der Waals surface area (Å²) in [6, 6.07) is 16.4. The highest BCUT2D eigenvalue weighted by atomic mass is 16.2. The Balaban J connectivity index is 2.00. The second-order valence-corrected chi connectivity index (χ2v) is 6.98. The highest BCUT2D eigenvalue weighted by Gasteiger charge is 2.26. The number of hydrogen-bond donors (Lipinski definition) is 2. The molecule has 0 aliphatic rings. The summed E-state index contributed by atoms with van der Waals surface area (Å²) in [4.78, 5) is 27.2. The lowest BCUT2D eigenvalue weighted by Gasteiger charge is -2.23. The van der Waals surface area contributed by atoms with Crippen LogP contribution in [0.25, 0.3) is 0 Å². The van der Waals surface area contributed by atoms with Crippen molar-refractivity contribution in [1.29, 1.82) is 0 Å². The number of amides is 2. The van der Waals surface area contributed by atoms with Crippen molar-refractivity contribution in [2.75, 3.05) is 19.0 Å². The van der Waals surface area contributed by atoms with Gasteiger partial charge in [0, 0.05) is 31.9 Å². The molecule has 0 bridgehead atoms. The van der Waals surface area contributed by atoms with Crippen LogP contribution in [0.4, 0.5) is 5.69 Å². The van der Waals surface area contributed by atoms with Crippen molar-refractivity contribution in [3.05, 3.63) is 65.7 Å². The predicted molar refractivity (Wildman–Crippen MR) is 110 cm³/mol. The van der Waals surface area contributed by atoms with Crippen molar-refractivity contribution in [3.8, 4) is 0 Å². The molecule has 0 fully saturated rings. The van der Waals surface area contributed by atoms with E-state index in [1.165, 1.54) is 0 Å². The van der Waals surface area contributed by atoms with Gasteiger partial charge < -0.3 is 15.5 Å². The minimum atomic E-state index is -0.566. The maximum absolute atomic E-state index is 12.7. The molecule has 0 aliphatic heterocycles. The third kappa shape index (κ3) is 5.84. The summed E-state index contributed by atoms with van der Waals surface area (Å²) in [7, 11) is 3.98. The number of rotatable bonds is 8. The van der Waals surface area contributed by atoms with Crippen molar-refractivity contribution < 1.29 is 9.59 Å². The molecule has 2 aromatic carbocycles. The van der Waals surface area contributed by atoms with Gasteiger partial charge in [0.05, 0.1) is 0 Å². The van der Waals surface area contributed by atoms with Gasteiger partial charge in [0.2, 0.25) is 5.91 Å². The Kier molecular flexibility index (Phi) is 7.41. The third-order valence-corrected chi connectivity index (χ3v) is 4.74. The summed E-state index contributed by atoms with van der Waals surface area (Å²) in [6.07, 6.45) is 0.796. The van der Waals surface area contributed by atoms with Crippen molar-refractivity contribution in [2.24, 2.45) is 5.92 Å². The first kappa shape index (κ1) is 20.5. The summed E-state index contributed by atoms with van der Waals surface area (Å²) in [5, 5.41) is 5.84. The zero-order valence-electron chi connectivity index (χ0n) is 16.5. The van der Waals surface area contributed by atoms with E-state index < -0.39 is 6.04 Å². The maximum Gasteiger partial charge on any atom is 0.251 e. The smallest absolute Gasteiger partial charge is 0.251 e. The van der Waals surface area contributed by atoms with Crippen molar-refractivity contribution in [3.63, 3.8) is 0 Å². The maximum atomic E-state index is 12.7. The molecular formula is C22H29N3O2. The molecule has 0 aromatic heterocycles. The second-order valence-electron chi connectivity index (χ2n) is 6.98. The van der Waals surface area contributed by atoms with Gasteiger partial charge in [0.15, 0.2) is 0 Å². The first-order valence-electron chi connectivity index (χ1n) is 9.32. The van der Waals surface area contributed by atoms with Crippen molar-refractivity contribution in [1.82, 2.24) is 10.6 Å². The highest BCUT2D eigenvalue weighted by molar-refractivity contribution is 5.97. The number of anilines is 1. The van der Waals surface area contributed by atoms with E-state index in [0.29, 0.717) is 12.1 Å². The second kappa shape index (κ2) is 9.76. The molecule has 0 saturated carbocycles. The van der Waals surface area contributed by atoms with E-state index in [2.05, 4.69) is 10.6 Å². The molecule has 5 nitrogen and oxygen atoms in total. The number of nitrogens with one attached hydrogen (secondary N) is 2. The Morgan fingerprint density at radius 1 is 1.00 bits per heavy atom. The summed E-state index contributed by atoms with van der Waals surface area (Å²) in [5.41, 5.74) is 2.68. The van der Waals surface area contributed by atoms with E-state index in [0.717, 1.165) is 17.7 Å². The molecule has 144 valence electrons. The largest absolute Gasteiger partial charge is 0.378 e. The fourth-order valence-corrected chi connectivity index (χ4v) is 2.73. The number of nitrogens with zero attached hydrogens (tertiary/aromatic N) is 1. The van der Waals surface area contributed by atoms with Gasteiger partial charge in [-0.3, -0.25) is 9.59 Å². The van der Waals surface area contributed by atoms with E-state index in [4.69, 9.17) is 0 Å². The molecule has 2 N–H and O–H groups in total. The van der Waals surface area contributed by atoms with Crippen LogP contribution in [-0.2, 0) is 11.3 Å². The number of benzene rings is 2. The molecule has 27 heavy (non-hydrogen) atoms. The van der Waals surface area contributed by atoms with Gasteiger partial charge in [0.25, 0.3) is 5.91 Å². The van der Waals surface area contributed by atoms with Crippen LogP contribution in [0.1, 0.15) is 36.2 Å². The third-order valence-electron chi connectivity index (χ3n) is 4.74. The Labute approximate surface area is 161 Å². The zero-order valence-corrected chi connectivity index (χ0v) is 16.5. The lowest BCUT2D eigenvalue weighted by Crippen LogP contribution is -2.50. The first-order valence-corrected chi connectivity index (χ1v) is 9.32. The van der Waals surface area contributed by atoms with Crippen LogP contribution < -0.4 is 15.5 Å². The molecule has 2 aromatic rings. The van der Waals surface area contributed by atoms with Gasteiger partial charge >= 0.3 is 0 Å². The lowest BCUT2D eigenvalue weighted by molar-refractivity contribution is -0.124. The minimum Gasteiger partial charge on any atom is -0.378 e. The fourth-order valence-electron chi connectivity index (χ4n) is 2.73. The van der Waals surface area contributed by atoms with E-state index in [1.54, 1.807) is 12.1 Å². The quantitative estimate of drug-likeness (QED) is 0.753. The van der Waals surface area contributed by atoms with Crippen LogP contribution >= 0.6 is 0 Å². The average Bonchev–Trinajstić information content (AvgIpc) is 2.70. The van der Waals surface area contributed by atoms with Crippen LogP contribution in [0.2, 0.25) is 0 Å². The van der Waals surface area contributed by atoms with Gasteiger partial charge in [0.1, 0.15) is 6.04 Å². The van der Waals surface area contributed by atoms with Crippen LogP contribution in [-0.4, -0.2) is 32.0 Å². The molecule has 2 atom stereocenters. The normalized spacial score (nSPS) is 12.7. The summed E-state index contributed by atoms with van der Waals surface area (Å²) >= 11 is 0. The molecule has 0 aliphatic carbocycles. The highest BCUT2D eigenvalue weighted by Crippen LogP contribution is 2.13. The first-order chi connectivity index (χ1) is 12.9. The van der Waals surface area contributed by atoms with Crippen molar-refractivity contribution >= 4 is 17.5 Å². The van der Waals surface area contributed by atoms with Gasteiger partial charge in [-0.05, 0) is 35.7 Å². The zero-order chi connectivity index (χ0) is 19.8. The predicted octanol–water partition coefficient (Wildman–Crippen LogP) is 3.21. The SMILES string of the molecule is CC[C@H](C)[C@H](NC(=O)c1ccccc1)C(=O)NCc1ccc(N(C)C)cc1. The molecular weight excluding hydrogens is 338 g/mol. The molecule has 0 unspecified atom stereocenters. The Bertz CT molecular complexity index is 742. The minimum absolute atomic E-state index is 0.0359. The Morgan fingerprint density at radius 2 is 1.63 bits per heavy atom. The molecule has 0 radical (unpaired) electrons. The van der Waals surface area contributed by atoms with Gasteiger partial charge in [-0.1, -0.05) is 50.6 Å². The summed E-state index contributed by atoms with van der Waals surface area (Å²) < 4.78 is 0. The van der Waals surface area contributed by atoms with Gasteiger partial charge in [-0.25, -0.2) is 0 Å². The monoisotopic (exact) mass is 367 g/mol. The molecule has 0 heterocycles. The standard InChI is InChI=1S/C22H29N3O2/c1-5-16(2)20(24-21(26)18-9-7-6-8-10-18)22(27)23-15-17-11-13-19(14-12-17)25(3)4/h6-14,16,20H,5,15H2,1-4H3,(H,23,27)(H,24,26)/t16-,20-/m0/s1. The number of carbonyl (C=O) groups is 2. The van der Waals surface area contributed by atoms with Crippen LogP contribution in [0.15, 0.2) is 54.6 Å². The summed E-state index contributed by atoms with van der Waals surface area (Å²) in [5.74, 6) is -0.356. The number of hydrogen-bond acceptors (Lipinski definition) is 3. The van der Waals surface area contributed by atoms with E-state index in [9.17, 15) is 9.59 Å². The lowest BCUT2D eigenvalue weighted by atomic mass is 9.97. The van der Waals surface area contributed by atoms with Gasteiger partial charge in [-0.15, -0.1) is 0 Å². The summed E-state index contributed by atoms with van der Waals surface area (Å²) in [6.45, 7) is 4.42. The molecule has 0 spiro atoms. The molecule has 2 amide bonds. The van der Waals surface area contributed by atoms with E-state index in [-0.39, 0.29) is 17.7 Å². The van der Waals surface area contributed by atoms with Crippen LogP contribution in [0.3, 0.4) is 0 Å². The average molecular weight is 367 g/mol. The van der Waals surface area contributed by atoms with Crippen LogP contribution in [0.5, 0.6) is 0 Å². The number of carbonyl (C=O) groups excluding carboxylic acids is 2. The Hall–Kier alpha value is -2.82. The van der Waals surface area contributed by atoms with E-state index in [1.807, 2.05) is 75.3 Å². The molecule has 2 rings (SSSR count). The molecule has 0 saturated heterocycles. The van der Waals surface area contributed by atoms with Crippen LogP contribution in [0, 0.1) is 5.92 Å². The Morgan fingerprint density at radius 3 is 2.19 bits per heavy atom. The van der Waals surface area contributed by atoms with Gasteiger partial charge in [-0.2, -0.15) is 0 Å². The fraction of sp³-hybridized carbons (Fsp3) is 0.364. The topological polar surface area (TPSA) is 61.4 Å². The van der Waals surface area contributed by atoms with Crippen molar-refractivity contribution in [2.45, 2.75) is 32.9 Å².